The SMILES string of the molecule is COC(=O)c1ccccc1NC(=O)[C@H](C)c1ccc(-c2ccccc2)c(F)c1. The average molecular weight is 377 g/mol. The van der Waals surface area contributed by atoms with Gasteiger partial charge in [-0.15, -0.1) is 0 Å². The van der Waals surface area contributed by atoms with Crippen LogP contribution in [0.4, 0.5) is 10.1 Å². The van der Waals surface area contributed by atoms with Crippen molar-refractivity contribution < 1.29 is 18.7 Å². The Hall–Kier alpha value is -3.47. The van der Waals surface area contributed by atoms with E-state index in [9.17, 15) is 14.0 Å². The number of rotatable bonds is 5. The van der Waals surface area contributed by atoms with Crippen molar-refractivity contribution >= 4 is 17.6 Å². The van der Waals surface area contributed by atoms with Gasteiger partial charge >= 0.3 is 5.97 Å². The van der Waals surface area contributed by atoms with E-state index in [0.29, 0.717) is 16.8 Å². The predicted octanol–water partition coefficient (Wildman–Crippen LogP) is 5.02. The van der Waals surface area contributed by atoms with Crippen LogP contribution in [0.25, 0.3) is 11.1 Å². The van der Waals surface area contributed by atoms with Gasteiger partial charge in [0, 0.05) is 5.56 Å². The first-order valence-electron chi connectivity index (χ1n) is 8.84. The quantitative estimate of drug-likeness (QED) is 0.635. The fourth-order valence-electron chi connectivity index (χ4n) is 2.92. The number of anilines is 1. The van der Waals surface area contributed by atoms with Crippen molar-refractivity contribution in [1.82, 2.24) is 0 Å². The molecule has 0 aliphatic carbocycles. The van der Waals surface area contributed by atoms with Gasteiger partial charge in [0.15, 0.2) is 0 Å². The Morgan fingerprint density at radius 2 is 1.64 bits per heavy atom. The highest BCUT2D eigenvalue weighted by molar-refractivity contribution is 6.03. The van der Waals surface area contributed by atoms with Crippen LogP contribution in [0.5, 0.6) is 0 Å². The van der Waals surface area contributed by atoms with E-state index in [0.717, 1.165) is 5.56 Å². The van der Waals surface area contributed by atoms with E-state index in [1.54, 1.807) is 43.3 Å². The molecule has 0 aliphatic rings. The Bertz CT molecular complexity index is 1000. The van der Waals surface area contributed by atoms with E-state index in [1.165, 1.54) is 13.2 Å². The van der Waals surface area contributed by atoms with E-state index >= 15 is 0 Å². The molecule has 0 radical (unpaired) electrons. The lowest BCUT2D eigenvalue weighted by Crippen LogP contribution is -2.20. The van der Waals surface area contributed by atoms with Crippen LogP contribution in [0.1, 0.15) is 28.8 Å². The molecule has 3 aromatic rings. The summed E-state index contributed by atoms with van der Waals surface area (Å²) in [7, 11) is 1.28. The van der Waals surface area contributed by atoms with Gasteiger partial charge in [-0.25, -0.2) is 9.18 Å². The number of benzene rings is 3. The smallest absolute Gasteiger partial charge is 0.339 e. The second-order valence-corrected chi connectivity index (χ2v) is 6.35. The predicted molar refractivity (Wildman–Crippen MR) is 107 cm³/mol. The van der Waals surface area contributed by atoms with E-state index in [-0.39, 0.29) is 11.5 Å². The maximum Gasteiger partial charge on any atom is 0.339 e. The topological polar surface area (TPSA) is 55.4 Å². The maximum atomic E-state index is 14.6. The lowest BCUT2D eigenvalue weighted by Gasteiger charge is -2.15. The van der Waals surface area contributed by atoms with Crippen molar-refractivity contribution in [2.75, 3.05) is 12.4 Å². The molecule has 0 aromatic heterocycles. The Labute approximate surface area is 163 Å². The molecule has 1 amide bonds. The van der Waals surface area contributed by atoms with Crippen molar-refractivity contribution in [2.24, 2.45) is 0 Å². The van der Waals surface area contributed by atoms with Crippen LogP contribution >= 0.6 is 0 Å². The van der Waals surface area contributed by atoms with Gasteiger partial charge in [0.05, 0.1) is 24.3 Å². The Kier molecular flexibility index (Phi) is 5.84. The zero-order valence-corrected chi connectivity index (χ0v) is 15.6. The minimum Gasteiger partial charge on any atom is -0.465 e. The number of nitrogens with one attached hydrogen (secondary N) is 1. The molecule has 0 saturated heterocycles. The number of amides is 1. The zero-order chi connectivity index (χ0) is 20.1. The molecule has 0 saturated carbocycles. The molecule has 28 heavy (non-hydrogen) atoms. The first-order chi connectivity index (χ1) is 13.5. The fourth-order valence-corrected chi connectivity index (χ4v) is 2.92. The molecule has 0 heterocycles. The Morgan fingerprint density at radius 3 is 2.32 bits per heavy atom. The molecule has 0 fully saturated rings. The highest BCUT2D eigenvalue weighted by Crippen LogP contribution is 2.27. The molecule has 5 heteroatoms. The van der Waals surface area contributed by atoms with E-state index < -0.39 is 17.7 Å². The van der Waals surface area contributed by atoms with Gasteiger partial charge in [0.25, 0.3) is 0 Å². The molecule has 4 nitrogen and oxygen atoms in total. The number of hydrogen-bond acceptors (Lipinski definition) is 3. The van der Waals surface area contributed by atoms with Crippen molar-refractivity contribution in [3.05, 3.63) is 89.7 Å². The Balaban J connectivity index is 1.81. The summed E-state index contributed by atoms with van der Waals surface area (Å²) in [4.78, 5) is 24.5. The van der Waals surface area contributed by atoms with Gasteiger partial charge in [-0.05, 0) is 36.2 Å². The number of halogens is 1. The third-order valence-electron chi connectivity index (χ3n) is 4.56. The van der Waals surface area contributed by atoms with Crippen LogP contribution in [-0.4, -0.2) is 19.0 Å². The van der Waals surface area contributed by atoms with Crippen LogP contribution in [-0.2, 0) is 9.53 Å². The fraction of sp³-hybridized carbons (Fsp3) is 0.130. The number of methoxy groups -OCH3 is 1. The summed E-state index contributed by atoms with van der Waals surface area (Å²) in [5, 5.41) is 2.73. The normalized spacial score (nSPS) is 11.5. The average Bonchev–Trinajstić information content (AvgIpc) is 2.73. The number of ether oxygens (including phenoxy) is 1. The first-order valence-corrected chi connectivity index (χ1v) is 8.84. The molecule has 1 N–H and O–H groups in total. The molecule has 0 aliphatic heterocycles. The lowest BCUT2D eigenvalue weighted by atomic mass is 9.96. The third kappa shape index (κ3) is 4.09. The summed E-state index contributed by atoms with van der Waals surface area (Å²) in [5.41, 5.74) is 2.41. The number of hydrogen-bond donors (Lipinski definition) is 1. The second kappa shape index (κ2) is 8.48. The van der Waals surface area contributed by atoms with Gasteiger partial charge in [-0.1, -0.05) is 54.6 Å². The summed E-state index contributed by atoms with van der Waals surface area (Å²) < 4.78 is 19.3. The van der Waals surface area contributed by atoms with Crippen molar-refractivity contribution in [2.45, 2.75) is 12.8 Å². The van der Waals surface area contributed by atoms with Crippen LogP contribution in [0.15, 0.2) is 72.8 Å². The van der Waals surface area contributed by atoms with Crippen LogP contribution in [0, 0.1) is 5.82 Å². The summed E-state index contributed by atoms with van der Waals surface area (Å²) in [6, 6.07) is 20.6. The highest BCUT2D eigenvalue weighted by atomic mass is 19.1. The monoisotopic (exact) mass is 377 g/mol. The van der Waals surface area contributed by atoms with Gasteiger partial charge < -0.3 is 10.1 Å². The first kappa shape index (κ1) is 19.3. The minimum atomic E-state index is -0.606. The molecular weight excluding hydrogens is 357 g/mol. The molecule has 1 atom stereocenters. The number of esters is 1. The summed E-state index contributed by atoms with van der Waals surface area (Å²) in [5.74, 6) is -1.88. The minimum absolute atomic E-state index is 0.260. The molecule has 0 bridgehead atoms. The second-order valence-electron chi connectivity index (χ2n) is 6.35. The van der Waals surface area contributed by atoms with Crippen LogP contribution in [0.3, 0.4) is 0 Å². The Morgan fingerprint density at radius 1 is 0.964 bits per heavy atom. The summed E-state index contributed by atoms with van der Waals surface area (Å²) in [6.07, 6.45) is 0. The van der Waals surface area contributed by atoms with Gasteiger partial charge in [0.2, 0.25) is 5.91 Å². The van der Waals surface area contributed by atoms with Crippen molar-refractivity contribution in [3.63, 3.8) is 0 Å². The summed E-state index contributed by atoms with van der Waals surface area (Å²) in [6.45, 7) is 1.69. The third-order valence-corrected chi connectivity index (χ3v) is 4.56. The van der Waals surface area contributed by atoms with Crippen molar-refractivity contribution in [1.29, 1.82) is 0 Å². The number of para-hydroxylation sites is 1. The highest BCUT2D eigenvalue weighted by Gasteiger charge is 2.20. The van der Waals surface area contributed by atoms with Crippen LogP contribution in [0.2, 0.25) is 0 Å². The lowest BCUT2D eigenvalue weighted by molar-refractivity contribution is -0.117. The molecule has 142 valence electrons. The van der Waals surface area contributed by atoms with Gasteiger partial charge in [-0.2, -0.15) is 0 Å². The molecule has 3 rings (SSSR count). The zero-order valence-electron chi connectivity index (χ0n) is 15.6. The number of carbonyl (C=O) groups excluding carboxylic acids is 2. The molecule has 0 spiro atoms. The molecular formula is C23H20FNO3. The van der Waals surface area contributed by atoms with Crippen LogP contribution < -0.4 is 5.32 Å². The van der Waals surface area contributed by atoms with Gasteiger partial charge in [0.1, 0.15) is 5.82 Å². The van der Waals surface area contributed by atoms with Crippen molar-refractivity contribution in [3.8, 4) is 11.1 Å². The standard InChI is InChI=1S/C23H20FNO3/c1-15(22(26)25-21-11-7-6-10-19(21)23(27)28-2)17-12-13-18(20(24)14-17)16-8-4-3-5-9-16/h3-15H,1-2H3,(H,25,26)/t15-/m1/s1. The van der Waals surface area contributed by atoms with E-state index in [4.69, 9.17) is 4.74 Å². The number of carbonyl (C=O) groups is 2. The summed E-state index contributed by atoms with van der Waals surface area (Å²) >= 11 is 0. The molecule has 0 unspecified atom stereocenters. The maximum absolute atomic E-state index is 14.6. The van der Waals surface area contributed by atoms with E-state index in [2.05, 4.69) is 5.32 Å². The molecule has 3 aromatic carbocycles. The van der Waals surface area contributed by atoms with Gasteiger partial charge in [-0.3, -0.25) is 4.79 Å². The largest absolute Gasteiger partial charge is 0.465 e. The van der Waals surface area contributed by atoms with E-state index in [1.807, 2.05) is 30.3 Å².